The van der Waals surface area contributed by atoms with Crippen LogP contribution in [0.2, 0.25) is 0 Å². The first-order valence-corrected chi connectivity index (χ1v) is 8.50. The first-order valence-electron chi connectivity index (χ1n) is 5.46. The molecule has 0 saturated carbocycles. The number of aryl methyl sites for hydroxylation is 2. The fourth-order valence-corrected chi connectivity index (χ4v) is 4.79. The minimum absolute atomic E-state index is 0.158. The van der Waals surface area contributed by atoms with Crippen molar-refractivity contribution in [2.24, 2.45) is 0 Å². The second-order valence-corrected chi connectivity index (χ2v) is 8.65. The molecule has 0 saturated heterocycles. The van der Waals surface area contributed by atoms with Crippen LogP contribution in [0.4, 0.5) is 0 Å². The lowest BCUT2D eigenvalue weighted by atomic mass is 10.4. The Kier molecular flexibility index (Phi) is 4.14. The molecular weight excluding hydrogens is 352 g/mol. The zero-order valence-electron chi connectivity index (χ0n) is 10.7. The zero-order chi connectivity index (χ0) is 14.2. The van der Waals surface area contributed by atoms with E-state index >= 15 is 0 Å². The van der Waals surface area contributed by atoms with E-state index in [2.05, 4.69) is 21.1 Å². The number of rotatable bonds is 4. The first-order chi connectivity index (χ1) is 8.82. The smallest absolute Gasteiger partial charge is 0.248 e. The van der Waals surface area contributed by atoms with Crippen LogP contribution in [0, 0.1) is 13.8 Å². The molecule has 0 radical (unpaired) electrons. The third-order valence-electron chi connectivity index (χ3n) is 2.64. The molecule has 0 aromatic carbocycles. The second-order valence-electron chi connectivity index (χ2n) is 4.12. The van der Waals surface area contributed by atoms with Gasteiger partial charge < -0.3 is 4.52 Å². The third-order valence-corrected chi connectivity index (χ3v) is 6.30. The van der Waals surface area contributed by atoms with Crippen LogP contribution in [0.3, 0.4) is 0 Å². The molecule has 0 aliphatic heterocycles. The van der Waals surface area contributed by atoms with Crippen molar-refractivity contribution in [3.63, 3.8) is 0 Å². The van der Waals surface area contributed by atoms with E-state index < -0.39 is 10.0 Å². The van der Waals surface area contributed by atoms with E-state index in [1.54, 1.807) is 20.9 Å². The maximum absolute atomic E-state index is 12.5. The maximum Gasteiger partial charge on any atom is 0.248 e. The van der Waals surface area contributed by atoms with Crippen LogP contribution in [-0.4, -0.2) is 24.9 Å². The van der Waals surface area contributed by atoms with Gasteiger partial charge in [-0.3, -0.25) is 0 Å². The molecule has 104 valence electrons. The monoisotopic (exact) mass is 364 g/mol. The first kappa shape index (κ1) is 14.7. The minimum atomic E-state index is -3.58. The zero-order valence-corrected chi connectivity index (χ0v) is 13.9. The van der Waals surface area contributed by atoms with E-state index in [9.17, 15) is 8.42 Å². The summed E-state index contributed by atoms with van der Waals surface area (Å²) >= 11 is 4.87. The van der Waals surface area contributed by atoms with Crippen molar-refractivity contribution >= 4 is 37.3 Å². The predicted octanol–water partition coefficient (Wildman–Crippen LogP) is 2.94. The van der Waals surface area contributed by atoms with Crippen LogP contribution in [0.1, 0.15) is 16.3 Å². The van der Waals surface area contributed by atoms with Gasteiger partial charge in [-0.1, -0.05) is 5.16 Å². The van der Waals surface area contributed by atoms with Gasteiger partial charge in [0.05, 0.1) is 3.79 Å². The van der Waals surface area contributed by atoms with E-state index in [1.165, 1.54) is 15.6 Å². The fraction of sp³-hybridized carbons (Fsp3) is 0.364. The Morgan fingerprint density at radius 3 is 2.58 bits per heavy atom. The SMILES string of the molecule is Cc1noc(C)c1S(=O)(=O)N(C)Cc1ccc(Br)s1. The Labute approximate surface area is 124 Å². The Balaban J connectivity index is 2.30. The van der Waals surface area contributed by atoms with Crippen molar-refractivity contribution in [2.45, 2.75) is 25.3 Å². The average Bonchev–Trinajstić information content (AvgIpc) is 2.85. The third kappa shape index (κ3) is 2.91. The van der Waals surface area contributed by atoms with Crippen LogP contribution in [0.5, 0.6) is 0 Å². The standard InChI is InChI=1S/C11H13BrN2O3S2/c1-7-11(8(2)17-13-7)19(15,16)14(3)6-9-4-5-10(12)18-9/h4-5H,6H2,1-3H3. The van der Waals surface area contributed by atoms with Crippen molar-refractivity contribution in [2.75, 3.05) is 7.05 Å². The van der Waals surface area contributed by atoms with Crippen molar-refractivity contribution in [3.05, 3.63) is 32.3 Å². The van der Waals surface area contributed by atoms with Crippen LogP contribution >= 0.6 is 27.3 Å². The highest BCUT2D eigenvalue weighted by Gasteiger charge is 2.28. The summed E-state index contributed by atoms with van der Waals surface area (Å²) in [6.45, 7) is 3.55. The molecule has 0 aliphatic rings. The van der Waals surface area contributed by atoms with Gasteiger partial charge in [-0.2, -0.15) is 4.31 Å². The molecule has 0 N–H and O–H groups in total. The molecule has 5 nitrogen and oxygen atoms in total. The lowest BCUT2D eigenvalue weighted by molar-refractivity contribution is 0.389. The Hall–Kier alpha value is -0.700. The molecular formula is C11H13BrN2O3S2. The molecule has 2 aromatic heterocycles. The van der Waals surface area contributed by atoms with Crippen LogP contribution in [0.25, 0.3) is 0 Å². The molecule has 0 amide bonds. The summed E-state index contributed by atoms with van der Waals surface area (Å²) in [5.41, 5.74) is 0.386. The summed E-state index contributed by atoms with van der Waals surface area (Å²) in [6.07, 6.45) is 0. The van der Waals surface area contributed by atoms with Crippen LogP contribution < -0.4 is 0 Å². The normalized spacial score (nSPS) is 12.3. The number of halogens is 1. The molecule has 0 atom stereocenters. The molecule has 2 rings (SSSR count). The largest absolute Gasteiger partial charge is 0.360 e. The highest BCUT2D eigenvalue weighted by molar-refractivity contribution is 9.11. The molecule has 8 heteroatoms. The Morgan fingerprint density at radius 1 is 1.42 bits per heavy atom. The topological polar surface area (TPSA) is 63.4 Å². The van der Waals surface area contributed by atoms with E-state index in [0.717, 1.165) is 8.66 Å². The lowest BCUT2D eigenvalue weighted by Gasteiger charge is -2.15. The molecule has 2 aromatic rings. The van der Waals surface area contributed by atoms with Gasteiger partial charge in [0.15, 0.2) is 5.76 Å². The van der Waals surface area contributed by atoms with Crippen molar-refractivity contribution in [1.82, 2.24) is 9.46 Å². The summed E-state index contributed by atoms with van der Waals surface area (Å²) in [5.74, 6) is 0.316. The molecule has 19 heavy (non-hydrogen) atoms. The number of aromatic nitrogens is 1. The van der Waals surface area contributed by atoms with Gasteiger partial charge in [0, 0.05) is 18.5 Å². The van der Waals surface area contributed by atoms with Gasteiger partial charge in [-0.15, -0.1) is 11.3 Å². The number of thiophene rings is 1. The highest BCUT2D eigenvalue weighted by Crippen LogP contribution is 2.27. The van der Waals surface area contributed by atoms with Crippen LogP contribution in [-0.2, 0) is 16.6 Å². The molecule has 0 spiro atoms. The Morgan fingerprint density at radius 2 is 2.11 bits per heavy atom. The molecule has 0 bridgehead atoms. The summed E-state index contributed by atoms with van der Waals surface area (Å²) < 4.78 is 32.1. The lowest BCUT2D eigenvalue weighted by Crippen LogP contribution is -2.26. The van der Waals surface area contributed by atoms with Crippen molar-refractivity contribution in [1.29, 1.82) is 0 Å². The quantitative estimate of drug-likeness (QED) is 0.836. The summed E-state index contributed by atoms with van der Waals surface area (Å²) in [4.78, 5) is 1.12. The molecule has 0 aliphatic carbocycles. The second kappa shape index (κ2) is 5.35. The van der Waals surface area contributed by atoms with E-state index in [1.807, 2.05) is 12.1 Å². The summed E-state index contributed by atoms with van der Waals surface area (Å²) in [5, 5.41) is 3.69. The number of nitrogens with zero attached hydrogens (tertiary/aromatic N) is 2. The average molecular weight is 365 g/mol. The fourth-order valence-electron chi connectivity index (χ4n) is 1.74. The predicted molar refractivity (Wildman–Crippen MR) is 76.6 cm³/mol. The Bertz CT molecular complexity index is 671. The van der Waals surface area contributed by atoms with Gasteiger partial charge in [0.1, 0.15) is 10.6 Å². The molecule has 2 heterocycles. The maximum atomic E-state index is 12.5. The van der Waals surface area contributed by atoms with Crippen LogP contribution in [0.15, 0.2) is 25.3 Å². The number of sulfonamides is 1. The number of hydrogen-bond donors (Lipinski definition) is 0. The number of hydrogen-bond acceptors (Lipinski definition) is 5. The van der Waals surface area contributed by atoms with Gasteiger partial charge in [0.2, 0.25) is 10.0 Å². The summed E-state index contributed by atoms with van der Waals surface area (Å²) in [7, 11) is -2.03. The molecule has 0 unspecified atom stereocenters. The minimum Gasteiger partial charge on any atom is -0.360 e. The van der Waals surface area contributed by atoms with E-state index in [4.69, 9.17) is 4.52 Å². The van der Waals surface area contributed by atoms with Gasteiger partial charge in [-0.05, 0) is 41.9 Å². The molecule has 0 fully saturated rings. The highest BCUT2D eigenvalue weighted by atomic mass is 79.9. The van der Waals surface area contributed by atoms with E-state index in [-0.39, 0.29) is 4.90 Å². The summed E-state index contributed by atoms with van der Waals surface area (Å²) in [6, 6.07) is 3.80. The van der Waals surface area contributed by atoms with Gasteiger partial charge in [-0.25, -0.2) is 8.42 Å². The van der Waals surface area contributed by atoms with Gasteiger partial charge in [0.25, 0.3) is 0 Å². The van der Waals surface area contributed by atoms with E-state index in [0.29, 0.717) is 18.0 Å². The van der Waals surface area contributed by atoms with Crippen molar-refractivity contribution < 1.29 is 12.9 Å². The van der Waals surface area contributed by atoms with Crippen molar-refractivity contribution in [3.8, 4) is 0 Å². The van der Waals surface area contributed by atoms with Gasteiger partial charge >= 0.3 is 0 Å².